The van der Waals surface area contributed by atoms with Crippen LogP contribution in [-0.4, -0.2) is 11.9 Å². The van der Waals surface area contributed by atoms with Gasteiger partial charge in [-0.05, 0) is 42.0 Å². The normalized spacial score (nSPS) is 13.1. The molecule has 1 aromatic heterocycles. The van der Waals surface area contributed by atoms with E-state index in [0.29, 0.717) is 11.2 Å². The Hall–Kier alpha value is -1.82. The number of benzene rings is 2. The minimum Gasteiger partial charge on any atom is -0.398 e. The molecule has 0 bridgehead atoms. The smallest absolute Gasteiger partial charge is 0.398 e. The van der Waals surface area contributed by atoms with Gasteiger partial charge in [0.25, 0.3) is 0 Å². The number of hydrogen-bond acceptors (Lipinski definition) is 2. The van der Waals surface area contributed by atoms with Gasteiger partial charge in [0.15, 0.2) is 0 Å². The first-order valence-corrected chi connectivity index (χ1v) is 11.3. The van der Waals surface area contributed by atoms with Gasteiger partial charge in [-0.3, -0.25) is 0 Å². The average Bonchev–Trinajstić information content (AvgIpc) is 3.31. The summed E-state index contributed by atoms with van der Waals surface area (Å²) >= 11 is 0. The molecule has 2 N–H and O–H groups in total. The van der Waals surface area contributed by atoms with Crippen molar-refractivity contribution in [2.24, 2.45) is 0 Å². The Bertz CT molecular complexity index is 964. The number of fused-ring (bicyclic) bond motifs is 2. The van der Waals surface area contributed by atoms with Crippen molar-refractivity contribution >= 4 is 22.7 Å². The maximum absolute atomic E-state index is 12.7. The van der Waals surface area contributed by atoms with Gasteiger partial charge in [-0.2, -0.15) is 4.39 Å². The molecule has 3 aromatic rings. The zero-order valence-electron chi connectivity index (χ0n) is 20.6. The van der Waals surface area contributed by atoms with Crippen LogP contribution in [0.15, 0.2) is 55.1 Å². The van der Waals surface area contributed by atoms with Gasteiger partial charge in [-0.15, -0.1) is 0 Å². The Labute approximate surface area is 225 Å². The number of pyridine rings is 1. The summed E-state index contributed by atoms with van der Waals surface area (Å²) in [6, 6.07) is 14.9. The van der Waals surface area contributed by atoms with Crippen molar-refractivity contribution < 1.29 is 42.7 Å². The summed E-state index contributed by atoms with van der Waals surface area (Å²) in [5.41, 5.74) is 11.0. The second-order valence-corrected chi connectivity index (χ2v) is 7.82. The molecule has 0 unspecified atom stereocenters. The Morgan fingerprint density at radius 2 is 1.47 bits per heavy atom. The van der Waals surface area contributed by atoms with Crippen LogP contribution in [0, 0.1) is 13.4 Å². The van der Waals surface area contributed by atoms with Crippen molar-refractivity contribution in [3.05, 3.63) is 85.2 Å². The van der Waals surface area contributed by atoms with E-state index in [9.17, 15) is 13.2 Å². The molecule has 0 radical (unpaired) electrons. The van der Waals surface area contributed by atoms with E-state index in [2.05, 4.69) is 29.8 Å². The molecule has 2 aliphatic carbocycles. The van der Waals surface area contributed by atoms with E-state index in [1.54, 1.807) is 12.1 Å². The number of nitrogens with zero attached hydrogens (tertiary/aromatic N) is 1. The predicted octanol–water partition coefficient (Wildman–Crippen LogP) is 5.45. The predicted molar refractivity (Wildman–Crippen MR) is 136 cm³/mol. The van der Waals surface area contributed by atoms with E-state index < -0.39 is 12.9 Å². The monoisotopic (exact) mass is 480 g/mol. The summed E-state index contributed by atoms with van der Waals surface area (Å²) < 4.78 is 32.0. The maximum atomic E-state index is 12.7. The fraction of sp³-hybridized carbons (Fsp3) is 0.357. The van der Waals surface area contributed by atoms with E-state index in [1.807, 2.05) is 18.2 Å². The first-order chi connectivity index (χ1) is 15.6. The molecule has 2 aliphatic rings. The molecule has 0 atom stereocenters. The van der Waals surface area contributed by atoms with Gasteiger partial charge in [0.1, 0.15) is 0 Å². The number of nitrogen functional groups attached to an aromatic ring is 1. The Morgan fingerprint density at radius 3 is 2.06 bits per heavy atom. The first-order valence-electron chi connectivity index (χ1n) is 11.3. The fourth-order valence-corrected chi connectivity index (χ4v) is 4.07. The average molecular weight is 481 g/mol. The SMILES string of the molecule is C1CCCCC1.C=Cc1cccc2c1CCC2.FCF.Nc1cc(F)nc2ccccc12.[CH3-].[Na+]. The number of aromatic nitrogens is 1. The van der Waals surface area contributed by atoms with Crippen LogP contribution in [-0.2, 0) is 12.8 Å². The molecule has 0 amide bonds. The van der Waals surface area contributed by atoms with Crippen LogP contribution in [0.2, 0.25) is 0 Å². The van der Waals surface area contributed by atoms with Crippen molar-refractivity contribution in [3.63, 3.8) is 0 Å². The summed E-state index contributed by atoms with van der Waals surface area (Å²) in [7, 11) is 0. The second kappa shape index (κ2) is 18.5. The summed E-state index contributed by atoms with van der Waals surface area (Å²) in [6.07, 6.45) is 14.8. The van der Waals surface area contributed by atoms with E-state index in [4.69, 9.17) is 5.73 Å². The largest absolute Gasteiger partial charge is 1.00 e. The van der Waals surface area contributed by atoms with Crippen LogP contribution in [0.1, 0.15) is 61.6 Å². The number of nitrogens with two attached hydrogens (primary N) is 1. The quantitative estimate of drug-likeness (QED) is 0.286. The number of aryl methyl sites for hydroxylation is 1. The molecule has 2 aromatic carbocycles. The molecule has 2 nitrogen and oxygen atoms in total. The van der Waals surface area contributed by atoms with Gasteiger partial charge in [-0.25, -0.2) is 13.8 Å². The third-order valence-electron chi connectivity index (χ3n) is 5.62. The first kappa shape index (κ1) is 32.2. The molecule has 5 rings (SSSR count). The zero-order valence-corrected chi connectivity index (χ0v) is 22.6. The van der Waals surface area contributed by atoms with Crippen LogP contribution >= 0.6 is 0 Å². The molecule has 6 heteroatoms. The molecule has 1 fully saturated rings. The van der Waals surface area contributed by atoms with Gasteiger partial charge in [0.05, 0.1) is 5.52 Å². The molecule has 1 saturated carbocycles. The van der Waals surface area contributed by atoms with Crippen LogP contribution < -0.4 is 35.3 Å². The molecule has 1 heterocycles. The summed E-state index contributed by atoms with van der Waals surface area (Å²) in [4.78, 5) is 3.69. The van der Waals surface area contributed by atoms with Crippen molar-refractivity contribution in [1.29, 1.82) is 0 Å². The molecular formula is C28H36F3N2Na. The molecule has 0 aliphatic heterocycles. The Morgan fingerprint density at radius 1 is 0.882 bits per heavy atom. The van der Waals surface area contributed by atoms with Crippen LogP contribution in [0.5, 0.6) is 0 Å². The van der Waals surface area contributed by atoms with Crippen molar-refractivity contribution in [2.45, 2.75) is 57.8 Å². The number of halogens is 3. The standard InChI is InChI=1S/C11H12.C9H7FN2.C6H12.CH2F2.CH3.Na/c1-2-9-5-3-6-10-7-4-8-11(9)10;10-9-5-7(11)6-3-1-2-4-8(6)12-9;1-2-4-6-5-3-1;2-1-3;;/h2-3,5-6H,1,4,7-8H2;1-5H,(H2,11,12);1-6H2;1H2;1H3;/q;;;;-1;+1. The third-order valence-corrected chi connectivity index (χ3v) is 5.62. The molecule has 0 spiro atoms. The summed E-state index contributed by atoms with van der Waals surface area (Å²) in [5.74, 6) is -0.536. The molecule has 180 valence electrons. The van der Waals surface area contributed by atoms with E-state index in [-0.39, 0.29) is 37.0 Å². The minimum absolute atomic E-state index is 0. The van der Waals surface area contributed by atoms with Crippen molar-refractivity contribution in [3.8, 4) is 0 Å². The minimum atomic E-state index is -1.75. The Balaban J connectivity index is 0.000000459. The number of anilines is 1. The molecule has 34 heavy (non-hydrogen) atoms. The van der Waals surface area contributed by atoms with Gasteiger partial charge in [-0.1, -0.05) is 87.6 Å². The van der Waals surface area contributed by atoms with Gasteiger partial charge in [0, 0.05) is 17.1 Å². The van der Waals surface area contributed by atoms with Crippen molar-refractivity contribution in [1.82, 2.24) is 4.98 Å². The van der Waals surface area contributed by atoms with E-state index in [1.165, 1.54) is 80.5 Å². The third kappa shape index (κ3) is 10.6. The topological polar surface area (TPSA) is 38.9 Å². The number of alkyl halides is 2. The van der Waals surface area contributed by atoms with Gasteiger partial charge in [0.2, 0.25) is 12.9 Å². The second-order valence-electron chi connectivity index (χ2n) is 7.82. The van der Waals surface area contributed by atoms with Crippen molar-refractivity contribution in [2.75, 3.05) is 12.7 Å². The molecular weight excluding hydrogens is 444 g/mol. The number of hydrogen-bond donors (Lipinski definition) is 1. The maximum Gasteiger partial charge on any atom is 1.00 e. The fourth-order valence-electron chi connectivity index (χ4n) is 4.07. The van der Waals surface area contributed by atoms with Crippen LogP contribution in [0.4, 0.5) is 18.9 Å². The number of rotatable bonds is 1. The Kier molecular flexibility index (Phi) is 17.5. The number of para-hydroxylation sites is 1. The summed E-state index contributed by atoms with van der Waals surface area (Å²) in [6.45, 7) is 2.06. The molecule has 0 saturated heterocycles. The van der Waals surface area contributed by atoms with Gasteiger partial charge < -0.3 is 13.2 Å². The summed E-state index contributed by atoms with van der Waals surface area (Å²) in [5, 5.41) is 0.791. The van der Waals surface area contributed by atoms with E-state index >= 15 is 0 Å². The van der Waals surface area contributed by atoms with Crippen LogP contribution in [0.3, 0.4) is 0 Å². The van der Waals surface area contributed by atoms with Crippen LogP contribution in [0.25, 0.3) is 17.0 Å². The van der Waals surface area contributed by atoms with E-state index in [0.717, 1.165) is 5.39 Å². The van der Waals surface area contributed by atoms with Gasteiger partial charge >= 0.3 is 29.6 Å². The zero-order chi connectivity index (χ0) is 23.2.